The summed E-state index contributed by atoms with van der Waals surface area (Å²) in [6.07, 6.45) is 3.36. The Morgan fingerprint density at radius 1 is 1.28 bits per heavy atom. The summed E-state index contributed by atoms with van der Waals surface area (Å²) in [4.78, 5) is 4.15. The van der Waals surface area contributed by atoms with Gasteiger partial charge in [-0.1, -0.05) is 20.8 Å². The van der Waals surface area contributed by atoms with E-state index in [4.69, 9.17) is 15.3 Å². The number of aromatic nitrogens is 1. The molecule has 0 amide bonds. The second-order valence-electron chi connectivity index (χ2n) is 5.32. The van der Waals surface area contributed by atoms with Crippen molar-refractivity contribution in [3.8, 4) is 5.75 Å². The minimum Gasteiger partial charge on any atom is -0.495 e. The molecule has 1 heterocycles. The van der Waals surface area contributed by atoms with Gasteiger partial charge in [0, 0.05) is 13.3 Å². The standard InChI is InChI=1S/C13H23N3O2/c1-13(2,3)12(18-5)11(16-14)9-6-10(17-4)8-15-7-9/h6-8,11-12,16H,14H2,1-5H3. The number of rotatable bonds is 5. The first-order valence-electron chi connectivity index (χ1n) is 5.92. The maximum atomic E-state index is 5.67. The zero-order valence-electron chi connectivity index (χ0n) is 11.7. The number of hydrogen-bond donors (Lipinski definition) is 2. The second-order valence-corrected chi connectivity index (χ2v) is 5.32. The predicted molar refractivity (Wildman–Crippen MR) is 71.1 cm³/mol. The Bertz CT molecular complexity index is 377. The first-order valence-corrected chi connectivity index (χ1v) is 5.92. The van der Waals surface area contributed by atoms with Crippen molar-refractivity contribution in [3.63, 3.8) is 0 Å². The average molecular weight is 253 g/mol. The molecule has 5 heteroatoms. The molecule has 0 aliphatic heterocycles. The number of ether oxygens (including phenoxy) is 2. The highest BCUT2D eigenvalue weighted by molar-refractivity contribution is 5.27. The number of pyridine rings is 1. The summed E-state index contributed by atoms with van der Waals surface area (Å²) in [7, 11) is 3.30. The van der Waals surface area contributed by atoms with Crippen molar-refractivity contribution in [2.45, 2.75) is 32.9 Å². The molecule has 0 fully saturated rings. The maximum Gasteiger partial charge on any atom is 0.137 e. The lowest BCUT2D eigenvalue weighted by atomic mass is 9.82. The van der Waals surface area contributed by atoms with Crippen LogP contribution in [0.1, 0.15) is 32.4 Å². The SMILES string of the molecule is COc1cncc(C(NN)C(OC)C(C)(C)C)c1. The van der Waals surface area contributed by atoms with Gasteiger partial charge < -0.3 is 9.47 Å². The predicted octanol–water partition coefficient (Wildman–Crippen LogP) is 1.66. The molecule has 5 nitrogen and oxygen atoms in total. The Labute approximate surface area is 109 Å². The smallest absolute Gasteiger partial charge is 0.137 e. The summed E-state index contributed by atoms with van der Waals surface area (Å²) >= 11 is 0. The first kappa shape index (κ1) is 14.9. The summed E-state index contributed by atoms with van der Waals surface area (Å²) in [5, 5.41) is 0. The molecule has 102 valence electrons. The second kappa shape index (κ2) is 6.13. The monoisotopic (exact) mass is 253 g/mol. The van der Waals surface area contributed by atoms with Gasteiger partial charge in [-0.25, -0.2) is 0 Å². The molecule has 0 spiro atoms. The lowest BCUT2D eigenvalue weighted by molar-refractivity contribution is -0.0121. The minimum absolute atomic E-state index is 0.0468. The van der Waals surface area contributed by atoms with Gasteiger partial charge in [-0.05, 0) is 17.0 Å². The fraction of sp³-hybridized carbons (Fsp3) is 0.615. The van der Waals surface area contributed by atoms with E-state index in [2.05, 4.69) is 31.2 Å². The summed E-state index contributed by atoms with van der Waals surface area (Å²) in [6, 6.07) is 1.77. The van der Waals surface area contributed by atoms with E-state index in [1.54, 1.807) is 26.6 Å². The molecular weight excluding hydrogens is 230 g/mol. The van der Waals surface area contributed by atoms with Crippen LogP contribution in [0.2, 0.25) is 0 Å². The van der Waals surface area contributed by atoms with Gasteiger partial charge in [-0.3, -0.25) is 16.3 Å². The third-order valence-electron chi connectivity index (χ3n) is 2.92. The molecule has 0 saturated heterocycles. The van der Waals surface area contributed by atoms with Crippen LogP contribution in [-0.4, -0.2) is 25.3 Å². The zero-order chi connectivity index (χ0) is 13.8. The molecule has 2 atom stereocenters. The maximum absolute atomic E-state index is 5.67. The average Bonchev–Trinajstić information content (AvgIpc) is 2.34. The molecule has 0 aliphatic rings. The normalized spacial score (nSPS) is 15.2. The summed E-state index contributed by atoms with van der Waals surface area (Å²) in [5.41, 5.74) is 3.70. The van der Waals surface area contributed by atoms with Crippen LogP contribution in [0.3, 0.4) is 0 Å². The van der Waals surface area contributed by atoms with Crippen LogP contribution < -0.4 is 16.0 Å². The number of hydrazine groups is 1. The quantitative estimate of drug-likeness (QED) is 0.617. The molecule has 0 aliphatic carbocycles. The van der Waals surface area contributed by atoms with Crippen molar-refractivity contribution in [2.75, 3.05) is 14.2 Å². The zero-order valence-corrected chi connectivity index (χ0v) is 11.7. The van der Waals surface area contributed by atoms with Gasteiger partial charge >= 0.3 is 0 Å². The molecule has 1 aromatic heterocycles. The summed E-state index contributed by atoms with van der Waals surface area (Å²) in [5.74, 6) is 6.38. The highest BCUT2D eigenvalue weighted by Crippen LogP contribution is 2.32. The van der Waals surface area contributed by atoms with Gasteiger partial charge in [0.25, 0.3) is 0 Å². The van der Waals surface area contributed by atoms with Gasteiger partial charge in [0.2, 0.25) is 0 Å². The Morgan fingerprint density at radius 2 is 1.94 bits per heavy atom. The molecule has 1 rings (SSSR count). The number of nitrogens with two attached hydrogens (primary N) is 1. The topological polar surface area (TPSA) is 69.4 Å². The van der Waals surface area contributed by atoms with Crippen LogP contribution in [0.5, 0.6) is 5.75 Å². The van der Waals surface area contributed by atoms with Gasteiger partial charge in [0.15, 0.2) is 0 Å². The summed E-state index contributed by atoms with van der Waals surface area (Å²) in [6.45, 7) is 6.33. The van der Waals surface area contributed by atoms with Crippen LogP contribution in [0.4, 0.5) is 0 Å². The van der Waals surface area contributed by atoms with Crippen LogP contribution in [0, 0.1) is 5.41 Å². The minimum atomic E-state index is -0.141. The Balaban J connectivity index is 3.07. The number of nitrogens with zero attached hydrogens (tertiary/aromatic N) is 1. The molecule has 2 unspecified atom stereocenters. The number of hydrogen-bond acceptors (Lipinski definition) is 5. The van der Waals surface area contributed by atoms with E-state index in [-0.39, 0.29) is 17.6 Å². The third kappa shape index (κ3) is 3.41. The lowest BCUT2D eigenvalue weighted by Gasteiger charge is -2.35. The van der Waals surface area contributed by atoms with E-state index in [0.717, 1.165) is 5.56 Å². The van der Waals surface area contributed by atoms with Crippen LogP contribution in [0.25, 0.3) is 0 Å². The third-order valence-corrected chi connectivity index (χ3v) is 2.92. The van der Waals surface area contributed by atoms with E-state index in [1.165, 1.54) is 0 Å². The summed E-state index contributed by atoms with van der Waals surface area (Å²) < 4.78 is 10.8. The van der Waals surface area contributed by atoms with Gasteiger partial charge in [-0.15, -0.1) is 0 Å². The molecule has 0 saturated carbocycles. The van der Waals surface area contributed by atoms with Crippen LogP contribution in [-0.2, 0) is 4.74 Å². The molecule has 3 N–H and O–H groups in total. The molecule has 0 radical (unpaired) electrons. The van der Waals surface area contributed by atoms with Crippen LogP contribution in [0.15, 0.2) is 18.5 Å². The molecule has 1 aromatic rings. The lowest BCUT2D eigenvalue weighted by Crippen LogP contribution is -2.44. The van der Waals surface area contributed by atoms with E-state index in [1.807, 2.05) is 6.07 Å². The van der Waals surface area contributed by atoms with Crippen molar-refractivity contribution in [1.82, 2.24) is 10.4 Å². The van der Waals surface area contributed by atoms with E-state index >= 15 is 0 Å². The Hall–Kier alpha value is -1.17. The highest BCUT2D eigenvalue weighted by atomic mass is 16.5. The van der Waals surface area contributed by atoms with Gasteiger partial charge in [-0.2, -0.15) is 0 Å². The van der Waals surface area contributed by atoms with Gasteiger partial charge in [0.05, 0.1) is 25.5 Å². The van der Waals surface area contributed by atoms with Crippen molar-refractivity contribution >= 4 is 0 Å². The molecule has 0 aromatic carbocycles. The van der Waals surface area contributed by atoms with Crippen molar-refractivity contribution < 1.29 is 9.47 Å². The van der Waals surface area contributed by atoms with E-state index < -0.39 is 0 Å². The molecule has 0 bridgehead atoms. The molecular formula is C13H23N3O2. The fourth-order valence-corrected chi connectivity index (χ4v) is 2.07. The van der Waals surface area contributed by atoms with Crippen LogP contribution >= 0.6 is 0 Å². The largest absolute Gasteiger partial charge is 0.495 e. The number of methoxy groups -OCH3 is 2. The number of nitrogens with one attached hydrogen (secondary N) is 1. The Kier molecular flexibility index (Phi) is 5.07. The molecule has 18 heavy (non-hydrogen) atoms. The van der Waals surface area contributed by atoms with E-state index in [0.29, 0.717) is 5.75 Å². The van der Waals surface area contributed by atoms with Crippen molar-refractivity contribution in [1.29, 1.82) is 0 Å². The highest BCUT2D eigenvalue weighted by Gasteiger charge is 2.33. The first-order chi connectivity index (χ1) is 8.43. The van der Waals surface area contributed by atoms with E-state index in [9.17, 15) is 0 Å². The Morgan fingerprint density at radius 3 is 2.39 bits per heavy atom. The van der Waals surface area contributed by atoms with Crippen molar-refractivity contribution in [3.05, 3.63) is 24.0 Å². The fourth-order valence-electron chi connectivity index (χ4n) is 2.07. The van der Waals surface area contributed by atoms with Gasteiger partial charge in [0.1, 0.15) is 5.75 Å². The van der Waals surface area contributed by atoms with Crippen molar-refractivity contribution in [2.24, 2.45) is 11.3 Å².